The van der Waals surface area contributed by atoms with E-state index in [9.17, 15) is 9.59 Å². The molecule has 0 spiro atoms. The van der Waals surface area contributed by atoms with Crippen LogP contribution in [0.5, 0.6) is 0 Å². The van der Waals surface area contributed by atoms with Gasteiger partial charge < -0.3 is 10.6 Å². The van der Waals surface area contributed by atoms with Crippen LogP contribution in [0.1, 0.15) is 121 Å². The predicted octanol–water partition coefficient (Wildman–Crippen LogP) is 6.07. The molecule has 0 radical (unpaired) electrons. The second-order valence-corrected chi connectivity index (χ2v) is 10.9. The van der Waals surface area contributed by atoms with Crippen LogP contribution in [0.3, 0.4) is 0 Å². The van der Waals surface area contributed by atoms with Gasteiger partial charge in [-0.3, -0.25) is 9.59 Å². The highest BCUT2D eigenvalue weighted by Crippen LogP contribution is 2.23. The maximum atomic E-state index is 12.7. The average Bonchev–Trinajstić information content (AvgIpc) is 2.61. The smallest absolute Gasteiger partial charge is 0.155 e. The molecule has 0 amide bonds. The van der Waals surface area contributed by atoms with Gasteiger partial charge in [-0.15, -0.1) is 0 Å². The molecule has 30 heavy (non-hydrogen) atoms. The van der Waals surface area contributed by atoms with Gasteiger partial charge in [-0.05, 0) is 54.4 Å². The normalized spacial score (nSPS) is 16.3. The Bertz CT molecular complexity index is 467. The summed E-state index contributed by atoms with van der Waals surface area (Å²) < 4.78 is 0. The number of Topliss-reactive ketones (excluding diaryl/α,β-unsaturated/α-hetero) is 2. The van der Waals surface area contributed by atoms with Crippen molar-refractivity contribution in [2.45, 2.75) is 144 Å². The number of ketones is 2. The minimum Gasteiger partial charge on any atom is -0.303 e. The van der Waals surface area contributed by atoms with E-state index in [0.717, 1.165) is 38.5 Å². The summed E-state index contributed by atoms with van der Waals surface area (Å²) >= 11 is 0. The summed E-state index contributed by atoms with van der Waals surface area (Å²) in [4.78, 5) is 25.4. The number of rotatable bonds is 17. The molecule has 0 bridgehead atoms. The number of unbranched alkanes of at least 4 members (excludes halogenated alkanes) is 5. The van der Waals surface area contributed by atoms with Gasteiger partial charge in [0.25, 0.3) is 0 Å². The monoisotopic (exact) mass is 424 g/mol. The van der Waals surface area contributed by atoms with Gasteiger partial charge in [0.1, 0.15) is 0 Å². The van der Waals surface area contributed by atoms with E-state index in [2.05, 4.69) is 52.2 Å². The van der Waals surface area contributed by atoms with Crippen LogP contribution in [-0.4, -0.2) is 34.7 Å². The van der Waals surface area contributed by atoms with E-state index in [4.69, 9.17) is 0 Å². The van der Waals surface area contributed by atoms with Crippen molar-refractivity contribution in [3.63, 3.8) is 0 Å². The zero-order valence-electron chi connectivity index (χ0n) is 21.8. The van der Waals surface area contributed by atoms with Crippen molar-refractivity contribution < 1.29 is 9.59 Å². The summed E-state index contributed by atoms with van der Waals surface area (Å²) in [5, 5.41) is 7.02. The van der Waals surface area contributed by atoms with Crippen LogP contribution in [0.25, 0.3) is 0 Å². The maximum Gasteiger partial charge on any atom is 0.155 e. The summed E-state index contributed by atoms with van der Waals surface area (Å²) in [6.07, 6.45) is 8.67. The first kappa shape index (κ1) is 29.3. The van der Waals surface area contributed by atoms with Crippen LogP contribution in [-0.2, 0) is 9.59 Å². The molecule has 2 N–H and O–H groups in total. The van der Waals surface area contributed by atoms with Crippen molar-refractivity contribution in [3.05, 3.63) is 0 Å². The number of hydrogen-bond acceptors (Lipinski definition) is 4. The highest BCUT2D eigenvalue weighted by molar-refractivity contribution is 5.90. The highest BCUT2D eigenvalue weighted by Gasteiger charge is 2.35. The van der Waals surface area contributed by atoms with Crippen molar-refractivity contribution in [3.8, 4) is 0 Å². The number of hydrogen-bond donors (Lipinski definition) is 2. The quantitative estimate of drug-likeness (QED) is 0.278. The number of carbonyl (C=O) groups is 2. The largest absolute Gasteiger partial charge is 0.303 e. The summed E-state index contributed by atoms with van der Waals surface area (Å²) in [7, 11) is 0. The highest BCUT2D eigenvalue weighted by atomic mass is 16.1. The summed E-state index contributed by atoms with van der Waals surface area (Å²) in [5.41, 5.74) is -0.826. The fourth-order valence-corrected chi connectivity index (χ4v) is 4.75. The third-order valence-corrected chi connectivity index (χ3v) is 5.95. The fourth-order valence-electron chi connectivity index (χ4n) is 4.75. The van der Waals surface area contributed by atoms with E-state index in [1.807, 2.05) is 27.7 Å². The lowest BCUT2D eigenvalue weighted by molar-refractivity contribution is -0.129. The van der Waals surface area contributed by atoms with Crippen molar-refractivity contribution in [1.82, 2.24) is 10.6 Å². The van der Waals surface area contributed by atoms with Gasteiger partial charge in [0, 0.05) is 23.9 Å². The topological polar surface area (TPSA) is 58.2 Å². The van der Waals surface area contributed by atoms with Crippen molar-refractivity contribution in [2.75, 3.05) is 0 Å². The minimum atomic E-state index is -0.413. The van der Waals surface area contributed by atoms with Crippen LogP contribution in [0.2, 0.25) is 0 Å². The second-order valence-electron chi connectivity index (χ2n) is 10.9. The summed E-state index contributed by atoms with van der Waals surface area (Å²) in [6.45, 7) is 20.6. The SMILES string of the molecule is CC(C)N[C@@](C)(CCCCCCCC[C@](C)(NC(C)C)C(=O)C(C)C)C(=O)C(C)C. The standard InChI is InChI=1S/C26H52N2O2/c1-19(2)23(29)25(9,27-21(5)6)17-15-13-11-12-14-16-18-26(10,28-22(7)8)24(30)20(3)4/h19-22,27-28H,11-18H2,1-10H3/t25-,26-/m0/s1. The molecular weight excluding hydrogens is 372 g/mol. The lowest BCUT2D eigenvalue weighted by atomic mass is 9.83. The molecule has 0 rings (SSSR count). The lowest BCUT2D eigenvalue weighted by Gasteiger charge is -2.33. The van der Waals surface area contributed by atoms with Gasteiger partial charge in [-0.25, -0.2) is 0 Å². The molecule has 178 valence electrons. The number of nitrogens with one attached hydrogen (secondary N) is 2. The molecule has 2 atom stereocenters. The first-order chi connectivity index (χ1) is 13.7. The third kappa shape index (κ3) is 10.5. The molecule has 0 aromatic carbocycles. The lowest BCUT2D eigenvalue weighted by Crippen LogP contribution is -2.53. The van der Waals surface area contributed by atoms with E-state index in [1.165, 1.54) is 12.8 Å². The van der Waals surface area contributed by atoms with Gasteiger partial charge >= 0.3 is 0 Å². The molecule has 0 aromatic rings. The molecule has 0 fully saturated rings. The first-order valence-corrected chi connectivity index (χ1v) is 12.4. The Morgan fingerprint density at radius 1 is 0.567 bits per heavy atom. The van der Waals surface area contributed by atoms with Crippen LogP contribution < -0.4 is 10.6 Å². The van der Waals surface area contributed by atoms with Crippen molar-refractivity contribution in [1.29, 1.82) is 0 Å². The summed E-state index contributed by atoms with van der Waals surface area (Å²) in [5.74, 6) is 0.762. The molecule has 0 aliphatic rings. The molecule has 0 saturated heterocycles. The van der Waals surface area contributed by atoms with E-state index in [-0.39, 0.29) is 11.8 Å². The molecule has 0 unspecified atom stereocenters. The molecule has 4 heteroatoms. The Morgan fingerprint density at radius 3 is 1.07 bits per heavy atom. The van der Waals surface area contributed by atoms with E-state index in [1.54, 1.807) is 0 Å². The maximum absolute atomic E-state index is 12.7. The second kappa shape index (κ2) is 13.6. The average molecular weight is 425 g/mol. The van der Waals surface area contributed by atoms with Gasteiger partial charge in [0.15, 0.2) is 11.6 Å². The van der Waals surface area contributed by atoms with Gasteiger partial charge in [-0.2, -0.15) is 0 Å². The van der Waals surface area contributed by atoms with Crippen LogP contribution >= 0.6 is 0 Å². The van der Waals surface area contributed by atoms with Crippen LogP contribution in [0.4, 0.5) is 0 Å². The molecule has 0 aliphatic heterocycles. The Kier molecular flexibility index (Phi) is 13.3. The molecule has 0 aromatic heterocycles. The van der Waals surface area contributed by atoms with Crippen LogP contribution in [0, 0.1) is 11.8 Å². The Morgan fingerprint density at radius 2 is 0.833 bits per heavy atom. The van der Waals surface area contributed by atoms with Crippen molar-refractivity contribution in [2.24, 2.45) is 11.8 Å². The minimum absolute atomic E-state index is 0.0589. The van der Waals surface area contributed by atoms with Crippen LogP contribution in [0.15, 0.2) is 0 Å². The number of carbonyl (C=O) groups excluding carboxylic acids is 2. The van der Waals surface area contributed by atoms with Gasteiger partial charge in [-0.1, -0.05) is 66.2 Å². The molecular formula is C26H52N2O2. The Labute approximate surface area is 187 Å². The molecule has 0 saturated carbocycles. The Balaban J connectivity index is 4.37. The van der Waals surface area contributed by atoms with E-state index < -0.39 is 11.1 Å². The zero-order valence-corrected chi connectivity index (χ0v) is 21.8. The molecule has 4 nitrogen and oxygen atoms in total. The van der Waals surface area contributed by atoms with Gasteiger partial charge in [0.05, 0.1) is 11.1 Å². The van der Waals surface area contributed by atoms with Crippen molar-refractivity contribution >= 4 is 11.6 Å². The third-order valence-electron chi connectivity index (χ3n) is 5.95. The predicted molar refractivity (Wildman–Crippen MR) is 130 cm³/mol. The molecule has 0 aliphatic carbocycles. The molecule has 0 heterocycles. The van der Waals surface area contributed by atoms with E-state index >= 15 is 0 Å². The van der Waals surface area contributed by atoms with E-state index in [0.29, 0.717) is 23.7 Å². The first-order valence-electron chi connectivity index (χ1n) is 12.4. The fraction of sp³-hybridized carbons (Fsp3) is 0.923. The summed E-state index contributed by atoms with van der Waals surface area (Å²) in [6, 6.07) is 0.611. The Hall–Kier alpha value is -0.740. The van der Waals surface area contributed by atoms with Gasteiger partial charge in [0.2, 0.25) is 0 Å². The zero-order chi connectivity index (χ0) is 23.5.